The molecule has 5 rings (SSSR count). The number of aliphatic hydroxyl groups excluding tert-OH is 3. The fraction of sp³-hybridized carbons (Fsp3) is 0.923. The second-order valence-electron chi connectivity index (χ2n) is 16.9. The van der Waals surface area contributed by atoms with Crippen molar-refractivity contribution in [2.75, 3.05) is 6.61 Å². The van der Waals surface area contributed by atoms with Crippen LogP contribution < -0.4 is 0 Å². The first kappa shape index (κ1) is 36.3. The predicted molar refractivity (Wildman–Crippen MR) is 180 cm³/mol. The van der Waals surface area contributed by atoms with Crippen molar-refractivity contribution in [1.82, 2.24) is 0 Å². The van der Waals surface area contributed by atoms with Gasteiger partial charge in [-0.2, -0.15) is 0 Å². The van der Waals surface area contributed by atoms with Crippen molar-refractivity contribution >= 4 is 5.97 Å². The number of fused-ring (bicyclic) bond motifs is 5. The van der Waals surface area contributed by atoms with Crippen molar-refractivity contribution in [3.8, 4) is 0 Å². The van der Waals surface area contributed by atoms with Crippen LogP contribution in [0.15, 0.2) is 11.6 Å². The highest BCUT2D eigenvalue weighted by Gasteiger charge is 2.59. The molecule has 0 bridgehead atoms. The monoisotopic (exact) mass is 646 g/mol. The highest BCUT2D eigenvalue weighted by molar-refractivity contribution is 5.69. The lowest BCUT2D eigenvalue weighted by molar-refractivity contribution is -0.313. The summed E-state index contributed by atoms with van der Waals surface area (Å²) in [6.45, 7) is 14.3. The maximum atomic E-state index is 12.1. The maximum Gasteiger partial charge on any atom is 0.305 e. The zero-order valence-corrected chi connectivity index (χ0v) is 29.8. The van der Waals surface area contributed by atoms with Gasteiger partial charge in [-0.05, 0) is 104 Å². The average Bonchev–Trinajstić information content (AvgIpc) is 3.38. The van der Waals surface area contributed by atoms with Gasteiger partial charge in [-0.15, -0.1) is 0 Å². The summed E-state index contributed by atoms with van der Waals surface area (Å²) in [4.78, 5) is 12.1. The maximum absolute atomic E-state index is 12.1. The van der Waals surface area contributed by atoms with Gasteiger partial charge in [-0.25, -0.2) is 0 Å². The molecule has 5 aliphatic rings. The van der Waals surface area contributed by atoms with Gasteiger partial charge in [0, 0.05) is 6.42 Å². The number of esters is 1. The molecule has 0 radical (unpaired) electrons. The van der Waals surface area contributed by atoms with E-state index in [0.29, 0.717) is 17.8 Å². The highest BCUT2D eigenvalue weighted by Crippen LogP contribution is 2.67. The van der Waals surface area contributed by atoms with Crippen LogP contribution in [-0.2, 0) is 19.0 Å². The Hall–Kier alpha value is -0.990. The number of rotatable bonds is 13. The number of unbranched alkanes of at least 4 members (excludes halogenated alkanes) is 2. The van der Waals surface area contributed by atoms with Crippen LogP contribution >= 0.6 is 0 Å². The summed E-state index contributed by atoms with van der Waals surface area (Å²) in [5.41, 5.74) is 2.15. The van der Waals surface area contributed by atoms with Crippen molar-refractivity contribution in [1.29, 1.82) is 0 Å². The predicted octanol–water partition coefficient (Wildman–Crippen LogP) is 7.34. The largest absolute Gasteiger partial charge is 0.463 e. The molecule has 1 heterocycles. The second-order valence-corrected chi connectivity index (χ2v) is 16.9. The molecule has 0 aromatic carbocycles. The number of carbonyl (C=O) groups excluding carboxylic acids is 1. The fourth-order valence-corrected chi connectivity index (χ4v) is 10.9. The molecule has 0 aromatic heterocycles. The summed E-state index contributed by atoms with van der Waals surface area (Å²) in [6.07, 6.45) is 12.7. The number of allylic oxidation sites excluding steroid dienone is 1. The van der Waals surface area contributed by atoms with E-state index in [-0.39, 0.29) is 24.1 Å². The van der Waals surface area contributed by atoms with Gasteiger partial charge in [0.05, 0.1) is 6.10 Å². The first-order chi connectivity index (χ1) is 21.9. The summed E-state index contributed by atoms with van der Waals surface area (Å²) in [7, 11) is 0. The van der Waals surface area contributed by atoms with Crippen LogP contribution in [-0.4, -0.2) is 64.7 Å². The molecule has 4 fully saturated rings. The Bertz CT molecular complexity index is 1040. The van der Waals surface area contributed by atoms with Crippen LogP contribution in [0.1, 0.15) is 138 Å². The van der Waals surface area contributed by atoms with Gasteiger partial charge in [0.1, 0.15) is 31.0 Å². The molecule has 0 spiro atoms. The Morgan fingerprint density at radius 2 is 1.74 bits per heavy atom. The first-order valence-corrected chi connectivity index (χ1v) is 19.1. The molecule has 1 aliphatic heterocycles. The van der Waals surface area contributed by atoms with Gasteiger partial charge in [0.15, 0.2) is 6.29 Å². The third-order valence-electron chi connectivity index (χ3n) is 13.6. The van der Waals surface area contributed by atoms with E-state index in [1.54, 1.807) is 0 Å². The van der Waals surface area contributed by atoms with Gasteiger partial charge < -0.3 is 29.5 Å². The Morgan fingerprint density at radius 3 is 2.48 bits per heavy atom. The summed E-state index contributed by atoms with van der Waals surface area (Å²) in [5, 5.41) is 31.9. The minimum absolute atomic E-state index is 0.133. The van der Waals surface area contributed by atoms with Crippen LogP contribution in [0.5, 0.6) is 0 Å². The Labute approximate surface area is 279 Å². The molecule has 7 nitrogen and oxygen atoms in total. The van der Waals surface area contributed by atoms with Gasteiger partial charge in [-0.1, -0.05) is 85.3 Å². The first-order valence-electron chi connectivity index (χ1n) is 19.1. The lowest BCUT2D eigenvalue weighted by atomic mass is 9.47. The summed E-state index contributed by atoms with van der Waals surface area (Å²) < 4.78 is 17.7. The molecule has 46 heavy (non-hydrogen) atoms. The van der Waals surface area contributed by atoms with Gasteiger partial charge in [-0.3, -0.25) is 4.79 Å². The molecule has 3 saturated carbocycles. The topological polar surface area (TPSA) is 105 Å². The normalized spacial score (nSPS) is 43.0. The Kier molecular flexibility index (Phi) is 12.1. The molecule has 4 aliphatic carbocycles. The summed E-state index contributed by atoms with van der Waals surface area (Å²) in [5.74, 6) is 4.43. The van der Waals surface area contributed by atoms with E-state index in [1.165, 1.54) is 50.5 Å². The van der Waals surface area contributed by atoms with Crippen LogP contribution in [0.2, 0.25) is 0 Å². The van der Waals surface area contributed by atoms with E-state index in [4.69, 9.17) is 14.2 Å². The lowest BCUT2D eigenvalue weighted by Crippen LogP contribution is -2.60. The standard InChI is InChI=1S/C39H66O7/c1-7-8-9-13-33(40)44-23-32-34(41)35(42)36(43)37(46-32)45-27-18-20-38(5)26(22-27)14-15-28-30-17-16-29(25(4)12-10-11-24(2)3)39(30,6)21-19-31(28)38/h14,24-25,27-32,34-37,41-43H,7-13,15-23H2,1-6H3/t25-,27+,28+,29-,30+,31+,32-,34+,35+,36-,37-,38+,39-/m1/s1. The van der Waals surface area contributed by atoms with Crippen LogP contribution in [0.4, 0.5) is 0 Å². The van der Waals surface area contributed by atoms with Crippen molar-refractivity contribution in [2.24, 2.45) is 46.3 Å². The second kappa shape index (κ2) is 15.3. The minimum Gasteiger partial charge on any atom is -0.463 e. The fourth-order valence-electron chi connectivity index (χ4n) is 10.9. The molecule has 264 valence electrons. The van der Waals surface area contributed by atoms with Gasteiger partial charge in [0.25, 0.3) is 0 Å². The summed E-state index contributed by atoms with van der Waals surface area (Å²) in [6, 6.07) is 0. The number of carbonyl (C=O) groups is 1. The number of aliphatic hydroxyl groups is 3. The minimum atomic E-state index is -1.43. The van der Waals surface area contributed by atoms with E-state index in [0.717, 1.165) is 74.5 Å². The quantitative estimate of drug-likeness (QED) is 0.109. The van der Waals surface area contributed by atoms with Gasteiger partial charge in [0.2, 0.25) is 0 Å². The molecular formula is C39H66O7. The Balaban J connectivity index is 1.19. The van der Waals surface area contributed by atoms with Gasteiger partial charge >= 0.3 is 5.97 Å². The molecule has 0 aromatic rings. The van der Waals surface area contributed by atoms with E-state index >= 15 is 0 Å². The van der Waals surface area contributed by atoms with E-state index < -0.39 is 30.7 Å². The lowest BCUT2D eigenvalue weighted by Gasteiger charge is -2.58. The van der Waals surface area contributed by atoms with Crippen molar-refractivity contribution in [2.45, 2.75) is 175 Å². The molecule has 7 heteroatoms. The van der Waals surface area contributed by atoms with E-state index in [2.05, 4.69) is 47.6 Å². The molecule has 0 amide bonds. The molecule has 3 N–H and O–H groups in total. The van der Waals surface area contributed by atoms with Crippen molar-refractivity contribution in [3.05, 3.63) is 11.6 Å². The van der Waals surface area contributed by atoms with Crippen LogP contribution in [0.25, 0.3) is 0 Å². The zero-order chi connectivity index (χ0) is 33.2. The van der Waals surface area contributed by atoms with E-state index in [1.807, 2.05) is 0 Å². The summed E-state index contributed by atoms with van der Waals surface area (Å²) >= 11 is 0. The zero-order valence-electron chi connectivity index (χ0n) is 29.8. The number of ether oxygens (including phenoxy) is 3. The average molecular weight is 647 g/mol. The van der Waals surface area contributed by atoms with Crippen molar-refractivity contribution < 1.29 is 34.3 Å². The molecule has 13 atom stereocenters. The van der Waals surface area contributed by atoms with Crippen molar-refractivity contribution in [3.63, 3.8) is 0 Å². The smallest absolute Gasteiger partial charge is 0.305 e. The molecule has 1 saturated heterocycles. The van der Waals surface area contributed by atoms with Crippen LogP contribution in [0.3, 0.4) is 0 Å². The number of hydrogen-bond donors (Lipinski definition) is 3. The van der Waals surface area contributed by atoms with E-state index in [9.17, 15) is 20.1 Å². The molecular weight excluding hydrogens is 580 g/mol. The van der Waals surface area contributed by atoms with Crippen LogP contribution in [0, 0.1) is 46.3 Å². The Morgan fingerprint density at radius 1 is 0.957 bits per heavy atom. The molecule has 0 unspecified atom stereocenters. The SMILES string of the molecule is CCCCCC(=O)OC[C@H]1O[C@@H](O[C@H]2CC[C@@]3(C)C(=CC[C@H]4[C@@H]5CC[C@H]([C@H](C)CCCC(C)C)[C@@]5(C)CC[C@@H]43)C2)[C@H](O)[C@@H](O)[C@H]1O. The third kappa shape index (κ3) is 7.44. The number of hydrogen-bond acceptors (Lipinski definition) is 7. The highest BCUT2D eigenvalue weighted by atomic mass is 16.7. The third-order valence-corrected chi connectivity index (χ3v) is 13.6.